The molecular weight excluding hydrogens is 88.1 g/mol. The van der Waals surface area contributed by atoms with Crippen LogP contribution in [0.3, 0.4) is 0 Å². The summed E-state index contributed by atoms with van der Waals surface area (Å²) in [6, 6.07) is 0. The highest BCUT2D eigenvalue weighted by atomic mass is 16.3. The van der Waals surface area contributed by atoms with Crippen molar-refractivity contribution in [3.05, 3.63) is 24.8 Å². The molecule has 0 fully saturated rings. The molecule has 0 spiro atoms. The fourth-order valence-electron chi connectivity index (χ4n) is 0.276. The third-order valence-corrected chi connectivity index (χ3v) is 0.631. The molecule has 7 heavy (non-hydrogen) atoms. The van der Waals surface area contributed by atoms with Gasteiger partial charge in [0, 0.05) is 0 Å². The normalized spacial score (nSPS) is 14.6. The van der Waals surface area contributed by atoms with Gasteiger partial charge in [0.25, 0.3) is 0 Å². The molecule has 0 amide bonds. The van der Waals surface area contributed by atoms with Crippen LogP contribution in [0.25, 0.3) is 0 Å². The molecule has 40 valence electrons. The van der Waals surface area contributed by atoms with Gasteiger partial charge < -0.3 is 5.11 Å². The van der Waals surface area contributed by atoms with Crippen molar-refractivity contribution in [2.75, 3.05) is 0 Å². The number of rotatable bonds is 2. The lowest BCUT2D eigenvalue weighted by atomic mass is 10.3. The van der Waals surface area contributed by atoms with Gasteiger partial charge in [-0.1, -0.05) is 18.2 Å². The van der Waals surface area contributed by atoms with Crippen LogP contribution in [0.4, 0.5) is 0 Å². The summed E-state index contributed by atoms with van der Waals surface area (Å²) >= 11 is 0. The Morgan fingerprint density at radius 2 is 2.29 bits per heavy atom. The summed E-state index contributed by atoms with van der Waals surface area (Å²) in [6.45, 7) is 5.23. The first-order chi connectivity index (χ1) is 3.31. The Labute approximate surface area is 44.0 Å². The van der Waals surface area contributed by atoms with Crippen LogP contribution in [-0.2, 0) is 0 Å². The maximum absolute atomic E-state index is 8.65. The lowest BCUT2D eigenvalue weighted by Gasteiger charge is -1.90. The first kappa shape index (κ1) is 6.44. The fraction of sp³-hybridized carbons (Fsp3) is 0.333. The minimum Gasteiger partial charge on any atom is -0.385 e. The molecule has 0 aromatic rings. The smallest absolute Gasteiger partial charge is 0.0899 e. The Morgan fingerprint density at radius 3 is 2.43 bits per heavy atom. The van der Waals surface area contributed by atoms with Gasteiger partial charge in [-0.05, 0) is 6.92 Å². The molecule has 1 nitrogen and oxygen atoms in total. The van der Waals surface area contributed by atoms with E-state index in [9.17, 15) is 0 Å². The van der Waals surface area contributed by atoms with E-state index >= 15 is 0 Å². The summed E-state index contributed by atoms with van der Waals surface area (Å²) < 4.78 is 0. The molecule has 1 heteroatoms. The molecule has 0 rings (SSSR count). The van der Waals surface area contributed by atoms with Crippen LogP contribution < -0.4 is 0 Å². The van der Waals surface area contributed by atoms with Gasteiger partial charge in [0.2, 0.25) is 0 Å². The zero-order valence-corrected chi connectivity index (χ0v) is 4.46. The predicted octanol–water partition coefficient (Wildman–Crippen LogP) is 1.11. The third kappa shape index (κ3) is 3.27. The molecule has 0 aliphatic carbocycles. The molecule has 0 bridgehead atoms. The largest absolute Gasteiger partial charge is 0.385 e. The summed E-state index contributed by atoms with van der Waals surface area (Å²) in [6.07, 6.45) is 4.45. The minimum absolute atomic E-state index is 0.468. The van der Waals surface area contributed by atoms with Gasteiger partial charge in [-0.25, -0.2) is 0 Å². The number of allylic oxidation sites excluding steroid dienone is 1. The highest BCUT2D eigenvalue weighted by molar-refractivity contribution is 4.95. The molecular formula is C6H10O. The molecule has 1 unspecified atom stereocenters. The van der Waals surface area contributed by atoms with Crippen LogP contribution in [0.2, 0.25) is 0 Å². The highest BCUT2D eigenvalue weighted by Crippen LogP contribution is 1.83. The van der Waals surface area contributed by atoms with E-state index in [-0.39, 0.29) is 0 Å². The van der Waals surface area contributed by atoms with Crippen LogP contribution >= 0.6 is 0 Å². The molecule has 0 aliphatic heterocycles. The Bertz CT molecular complexity index is 74.2. The van der Waals surface area contributed by atoms with Gasteiger partial charge in [0.15, 0.2) is 0 Å². The minimum atomic E-state index is -0.468. The van der Waals surface area contributed by atoms with E-state index in [4.69, 9.17) is 5.11 Å². The first-order valence-electron chi connectivity index (χ1n) is 2.24. The van der Waals surface area contributed by atoms with Crippen molar-refractivity contribution < 1.29 is 5.11 Å². The zero-order valence-electron chi connectivity index (χ0n) is 4.46. The Balaban J connectivity index is 3.35. The summed E-state index contributed by atoms with van der Waals surface area (Å²) in [5, 5.41) is 8.65. The van der Waals surface area contributed by atoms with E-state index < -0.39 is 6.10 Å². The monoisotopic (exact) mass is 98.1 g/mol. The van der Waals surface area contributed by atoms with Crippen LogP contribution in [0, 0.1) is 0 Å². The van der Waals surface area contributed by atoms with Crippen molar-refractivity contribution in [1.82, 2.24) is 0 Å². The highest BCUT2D eigenvalue weighted by Gasteiger charge is 1.82. The molecule has 0 saturated carbocycles. The Kier molecular flexibility index (Phi) is 3.33. The van der Waals surface area contributed by atoms with Gasteiger partial charge in [0.1, 0.15) is 0 Å². The second-order valence-electron chi connectivity index (χ2n) is 1.25. The van der Waals surface area contributed by atoms with E-state index in [0.717, 1.165) is 0 Å². The molecule has 0 heterocycles. The van der Waals surface area contributed by atoms with Crippen molar-refractivity contribution in [2.24, 2.45) is 0 Å². The van der Waals surface area contributed by atoms with Gasteiger partial charge in [-0.2, -0.15) is 0 Å². The summed E-state index contributed by atoms with van der Waals surface area (Å²) in [4.78, 5) is 0. The molecule has 1 N–H and O–H groups in total. The number of aliphatic hydroxyl groups excluding tert-OH is 1. The second kappa shape index (κ2) is 3.62. The van der Waals surface area contributed by atoms with Crippen LogP contribution in [0.5, 0.6) is 0 Å². The second-order valence-corrected chi connectivity index (χ2v) is 1.25. The van der Waals surface area contributed by atoms with Crippen LogP contribution in [0.1, 0.15) is 6.92 Å². The lowest BCUT2D eigenvalue weighted by molar-refractivity contribution is 0.272. The van der Waals surface area contributed by atoms with Crippen molar-refractivity contribution in [1.29, 1.82) is 0 Å². The van der Waals surface area contributed by atoms with Gasteiger partial charge in [-0.15, -0.1) is 6.58 Å². The average Bonchev–Trinajstić information content (AvgIpc) is 1.68. The number of hydrogen-bond acceptors (Lipinski definition) is 1. The van der Waals surface area contributed by atoms with Crippen molar-refractivity contribution >= 4 is 0 Å². The topological polar surface area (TPSA) is 20.2 Å². The van der Waals surface area contributed by atoms with Gasteiger partial charge in [-0.3, -0.25) is 0 Å². The SMILES string of the molecule is C=CC(O)/C=C/C. The number of aliphatic hydroxyl groups is 1. The Morgan fingerprint density at radius 1 is 1.71 bits per heavy atom. The first-order valence-corrected chi connectivity index (χ1v) is 2.24. The molecule has 0 aromatic carbocycles. The summed E-state index contributed by atoms with van der Waals surface area (Å²) in [5.74, 6) is 0. The van der Waals surface area contributed by atoms with E-state index in [1.165, 1.54) is 6.08 Å². The standard InChI is InChI=1S/C6H10O/c1-3-5-6(7)4-2/h3-7H,2H2,1H3/b5-3+. The maximum Gasteiger partial charge on any atom is 0.0899 e. The lowest BCUT2D eigenvalue weighted by Crippen LogP contribution is -1.92. The molecule has 0 saturated heterocycles. The zero-order chi connectivity index (χ0) is 5.70. The van der Waals surface area contributed by atoms with E-state index in [1.807, 2.05) is 6.92 Å². The van der Waals surface area contributed by atoms with E-state index in [0.29, 0.717) is 0 Å². The van der Waals surface area contributed by atoms with Gasteiger partial charge in [0.05, 0.1) is 6.10 Å². The van der Waals surface area contributed by atoms with E-state index in [2.05, 4.69) is 6.58 Å². The third-order valence-electron chi connectivity index (χ3n) is 0.631. The summed E-state index contributed by atoms with van der Waals surface area (Å²) in [5.41, 5.74) is 0. The van der Waals surface area contributed by atoms with Crippen molar-refractivity contribution in [2.45, 2.75) is 13.0 Å². The Hall–Kier alpha value is -0.560. The fourth-order valence-corrected chi connectivity index (χ4v) is 0.276. The predicted molar refractivity (Wildman–Crippen MR) is 31.0 cm³/mol. The summed E-state index contributed by atoms with van der Waals surface area (Å²) in [7, 11) is 0. The molecule has 0 aliphatic rings. The molecule has 0 aromatic heterocycles. The number of hydrogen-bond donors (Lipinski definition) is 1. The molecule has 0 radical (unpaired) electrons. The maximum atomic E-state index is 8.65. The quantitative estimate of drug-likeness (QED) is 0.513. The van der Waals surface area contributed by atoms with Crippen molar-refractivity contribution in [3.8, 4) is 0 Å². The van der Waals surface area contributed by atoms with Gasteiger partial charge >= 0.3 is 0 Å². The van der Waals surface area contributed by atoms with Crippen molar-refractivity contribution in [3.63, 3.8) is 0 Å². The average molecular weight is 98.1 g/mol. The van der Waals surface area contributed by atoms with Crippen LogP contribution in [-0.4, -0.2) is 11.2 Å². The molecule has 1 atom stereocenters. The van der Waals surface area contributed by atoms with E-state index in [1.54, 1.807) is 12.2 Å². The van der Waals surface area contributed by atoms with Crippen LogP contribution in [0.15, 0.2) is 24.8 Å².